The Morgan fingerprint density at radius 3 is 2.88 bits per heavy atom. The third-order valence-corrected chi connectivity index (χ3v) is 5.29. The summed E-state index contributed by atoms with van der Waals surface area (Å²) >= 11 is 7.74. The molecule has 0 radical (unpaired) electrons. The zero-order chi connectivity index (χ0) is 17.1. The van der Waals surface area contributed by atoms with Crippen LogP contribution >= 0.6 is 23.4 Å². The van der Waals surface area contributed by atoms with Gasteiger partial charge >= 0.3 is 0 Å². The van der Waals surface area contributed by atoms with E-state index in [2.05, 4.69) is 0 Å². The van der Waals surface area contributed by atoms with Gasteiger partial charge in [-0.1, -0.05) is 35.9 Å². The van der Waals surface area contributed by atoms with Crippen LogP contribution in [0.2, 0.25) is 5.02 Å². The Hall–Kier alpha value is -1.72. The highest BCUT2D eigenvalue weighted by molar-refractivity contribution is 7.99. The monoisotopic (exact) mass is 365 g/mol. The molecule has 2 aromatic carbocycles. The molecule has 1 amide bonds. The quantitative estimate of drug-likeness (QED) is 0.797. The van der Waals surface area contributed by atoms with Gasteiger partial charge < -0.3 is 9.64 Å². The fraction of sp³-hybridized carbons (Fsp3) is 0.278. The number of amides is 1. The molecule has 0 bridgehead atoms. The van der Waals surface area contributed by atoms with Crippen LogP contribution in [-0.2, 0) is 4.79 Å². The molecule has 1 aliphatic heterocycles. The molecule has 1 fully saturated rings. The summed E-state index contributed by atoms with van der Waals surface area (Å²) in [5.74, 6) is 0.298. The highest BCUT2D eigenvalue weighted by Crippen LogP contribution is 2.39. The third-order valence-electron chi connectivity index (χ3n) is 3.80. The first-order valence-electron chi connectivity index (χ1n) is 7.65. The number of thioether (sulfide) groups is 1. The van der Waals surface area contributed by atoms with Gasteiger partial charge in [-0.15, -0.1) is 11.8 Å². The maximum absolute atomic E-state index is 13.7. The Balaban J connectivity index is 1.74. The topological polar surface area (TPSA) is 29.5 Å². The molecule has 1 aliphatic rings. The first-order chi connectivity index (χ1) is 11.6. The number of carbonyl (C=O) groups excluding carboxylic acids is 1. The van der Waals surface area contributed by atoms with E-state index >= 15 is 0 Å². The van der Waals surface area contributed by atoms with Gasteiger partial charge in [-0.25, -0.2) is 4.39 Å². The molecule has 1 saturated heterocycles. The van der Waals surface area contributed by atoms with Crippen molar-refractivity contribution in [2.75, 3.05) is 12.3 Å². The Bertz CT molecular complexity index is 742. The van der Waals surface area contributed by atoms with E-state index in [1.807, 2.05) is 18.2 Å². The molecule has 2 aromatic rings. The van der Waals surface area contributed by atoms with Crippen molar-refractivity contribution in [3.63, 3.8) is 0 Å². The Kier molecular flexibility index (Phi) is 5.31. The third kappa shape index (κ3) is 3.68. The van der Waals surface area contributed by atoms with Crippen LogP contribution in [0.15, 0.2) is 48.5 Å². The van der Waals surface area contributed by atoms with Crippen LogP contribution in [0.5, 0.6) is 5.75 Å². The predicted molar refractivity (Wildman–Crippen MR) is 94.9 cm³/mol. The summed E-state index contributed by atoms with van der Waals surface area (Å²) in [4.78, 5) is 14.5. The van der Waals surface area contributed by atoms with E-state index in [1.165, 1.54) is 12.1 Å². The zero-order valence-corrected chi connectivity index (χ0v) is 14.7. The van der Waals surface area contributed by atoms with Crippen molar-refractivity contribution in [1.82, 2.24) is 4.90 Å². The molecule has 2 unspecified atom stereocenters. The number of hydrogen-bond donors (Lipinski definition) is 0. The summed E-state index contributed by atoms with van der Waals surface area (Å²) in [5, 5.41) is 0.547. The van der Waals surface area contributed by atoms with Crippen molar-refractivity contribution in [3.05, 3.63) is 64.9 Å². The lowest BCUT2D eigenvalue weighted by Gasteiger charge is -2.27. The van der Waals surface area contributed by atoms with Gasteiger partial charge in [-0.3, -0.25) is 4.79 Å². The molecule has 24 heavy (non-hydrogen) atoms. The Morgan fingerprint density at radius 2 is 2.12 bits per heavy atom. The summed E-state index contributed by atoms with van der Waals surface area (Å²) in [6.07, 6.45) is -0.762. The second-order valence-electron chi connectivity index (χ2n) is 5.50. The molecule has 0 spiro atoms. The van der Waals surface area contributed by atoms with Crippen molar-refractivity contribution < 1.29 is 13.9 Å². The van der Waals surface area contributed by atoms with Crippen LogP contribution in [0.3, 0.4) is 0 Å². The smallest absolute Gasteiger partial charge is 0.264 e. The van der Waals surface area contributed by atoms with Crippen molar-refractivity contribution in [3.8, 4) is 5.75 Å². The van der Waals surface area contributed by atoms with E-state index in [-0.39, 0.29) is 17.0 Å². The first-order valence-corrected chi connectivity index (χ1v) is 9.07. The molecule has 3 rings (SSSR count). The van der Waals surface area contributed by atoms with Crippen LogP contribution in [-0.4, -0.2) is 29.2 Å². The van der Waals surface area contributed by atoms with E-state index in [4.69, 9.17) is 16.3 Å². The van der Waals surface area contributed by atoms with Crippen LogP contribution < -0.4 is 4.74 Å². The molecule has 126 valence electrons. The minimum Gasteiger partial charge on any atom is -0.478 e. The van der Waals surface area contributed by atoms with Crippen molar-refractivity contribution in [2.24, 2.45) is 0 Å². The molecule has 0 aliphatic carbocycles. The number of hydrogen-bond acceptors (Lipinski definition) is 3. The van der Waals surface area contributed by atoms with Gasteiger partial charge in [0.25, 0.3) is 5.91 Å². The van der Waals surface area contributed by atoms with Crippen molar-refractivity contribution in [1.29, 1.82) is 0 Å². The maximum atomic E-state index is 13.7. The number of carbonyl (C=O) groups is 1. The first kappa shape index (κ1) is 17.1. The van der Waals surface area contributed by atoms with Gasteiger partial charge in [-0.2, -0.15) is 0 Å². The number of halogens is 2. The average molecular weight is 366 g/mol. The van der Waals surface area contributed by atoms with Crippen LogP contribution in [0, 0.1) is 5.82 Å². The van der Waals surface area contributed by atoms with Crippen molar-refractivity contribution >= 4 is 29.3 Å². The molecule has 0 N–H and O–H groups in total. The van der Waals surface area contributed by atoms with Gasteiger partial charge in [0, 0.05) is 17.3 Å². The molecule has 6 heteroatoms. The lowest BCUT2D eigenvalue weighted by molar-refractivity contribution is -0.138. The number of benzene rings is 2. The lowest BCUT2D eigenvalue weighted by Crippen LogP contribution is -2.40. The second kappa shape index (κ2) is 7.45. The standard InChI is InChI=1S/C18H17ClFNO2S/c1-12(23-16-8-3-2-7-15(16)20)17(22)21-9-10-24-18(21)13-5-4-6-14(19)11-13/h2-8,11-12,18H,9-10H2,1H3. The van der Waals surface area contributed by atoms with E-state index in [1.54, 1.807) is 41.8 Å². The second-order valence-corrected chi connectivity index (χ2v) is 7.12. The van der Waals surface area contributed by atoms with Gasteiger partial charge in [0.05, 0.1) is 0 Å². The zero-order valence-electron chi connectivity index (χ0n) is 13.1. The van der Waals surface area contributed by atoms with E-state index in [0.29, 0.717) is 11.6 Å². The molecule has 2 atom stereocenters. The molecular formula is C18H17ClFNO2S. The van der Waals surface area contributed by atoms with E-state index in [0.717, 1.165) is 11.3 Å². The van der Waals surface area contributed by atoms with Crippen LogP contribution in [0.25, 0.3) is 0 Å². The summed E-state index contributed by atoms with van der Waals surface area (Å²) in [6.45, 7) is 2.28. The van der Waals surface area contributed by atoms with Gasteiger partial charge in [-0.05, 0) is 36.8 Å². The summed E-state index contributed by atoms with van der Waals surface area (Å²) in [5.41, 5.74) is 0.983. The van der Waals surface area contributed by atoms with Crippen molar-refractivity contribution in [2.45, 2.75) is 18.4 Å². The fourth-order valence-corrected chi connectivity index (χ4v) is 4.10. The van der Waals surface area contributed by atoms with Gasteiger partial charge in [0.1, 0.15) is 5.37 Å². The van der Waals surface area contributed by atoms with Crippen LogP contribution in [0.1, 0.15) is 17.9 Å². The molecule has 0 saturated carbocycles. The Labute approximate surface area is 149 Å². The normalized spacial score (nSPS) is 18.5. The average Bonchev–Trinajstić information content (AvgIpc) is 3.06. The largest absolute Gasteiger partial charge is 0.478 e. The van der Waals surface area contributed by atoms with Gasteiger partial charge in [0.2, 0.25) is 0 Å². The molecular weight excluding hydrogens is 349 g/mol. The number of ether oxygens (including phenoxy) is 1. The summed E-state index contributed by atoms with van der Waals surface area (Å²) in [7, 11) is 0. The van der Waals surface area contributed by atoms with Crippen LogP contribution in [0.4, 0.5) is 4.39 Å². The fourth-order valence-electron chi connectivity index (χ4n) is 2.65. The highest BCUT2D eigenvalue weighted by atomic mass is 35.5. The summed E-state index contributed by atoms with van der Waals surface area (Å²) in [6, 6.07) is 13.6. The Morgan fingerprint density at radius 1 is 1.33 bits per heavy atom. The number of nitrogens with zero attached hydrogens (tertiary/aromatic N) is 1. The van der Waals surface area contributed by atoms with Gasteiger partial charge in [0.15, 0.2) is 17.7 Å². The number of para-hydroxylation sites is 1. The maximum Gasteiger partial charge on any atom is 0.264 e. The summed E-state index contributed by atoms with van der Waals surface area (Å²) < 4.78 is 19.2. The lowest BCUT2D eigenvalue weighted by atomic mass is 10.2. The molecule has 1 heterocycles. The highest BCUT2D eigenvalue weighted by Gasteiger charge is 2.34. The number of rotatable bonds is 4. The molecule has 0 aromatic heterocycles. The minimum atomic E-state index is -0.762. The minimum absolute atomic E-state index is 0.0875. The van der Waals surface area contributed by atoms with E-state index < -0.39 is 11.9 Å². The predicted octanol–water partition coefficient (Wildman–Crippen LogP) is 4.52. The SMILES string of the molecule is CC(Oc1ccccc1F)C(=O)N1CCSC1c1cccc(Cl)c1. The molecule has 3 nitrogen and oxygen atoms in total. The van der Waals surface area contributed by atoms with E-state index in [9.17, 15) is 9.18 Å².